The lowest BCUT2D eigenvalue weighted by atomic mass is 10.2. The summed E-state index contributed by atoms with van der Waals surface area (Å²) in [5.41, 5.74) is 0.606. The van der Waals surface area contributed by atoms with E-state index in [1.807, 2.05) is 18.2 Å². The molecule has 2 rings (SSSR count). The molecule has 0 saturated carbocycles. The predicted octanol–water partition coefficient (Wildman–Crippen LogP) is 2.87. The quantitative estimate of drug-likeness (QED) is 0.817. The van der Waals surface area contributed by atoms with Crippen LogP contribution in [0.25, 0.3) is 10.9 Å². The normalized spacial score (nSPS) is 12.0. The van der Waals surface area contributed by atoms with Gasteiger partial charge in [-0.1, -0.05) is 28.1 Å². The number of rotatable bonds is 3. The third kappa shape index (κ3) is 2.22. The Morgan fingerprint density at radius 2 is 2.06 bits per heavy atom. The second kappa shape index (κ2) is 5.15. The number of nitrogens with zero attached hydrogens (tertiary/aromatic N) is 2. The molecular formula is C11H13BrN2O2P+. The molecule has 90 valence electrons. The van der Waals surface area contributed by atoms with Crippen LogP contribution in [0.15, 0.2) is 29.1 Å². The number of benzene rings is 1. The molecule has 1 atom stereocenters. The summed E-state index contributed by atoms with van der Waals surface area (Å²) in [6, 6.07) is 7.31. The van der Waals surface area contributed by atoms with Crippen molar-refractivity contribution in [1.82, 2.24) is 8.66 Å². The van der Waals surface area contributed by atoms with Gasteiger partial charge in [-0.3, -0.25) is 4.79 Å². The summed E-state index contributed by atoms with van der Waals surface area (Å²) in [5.74, 6) is 0. The molecular weight excluding hydrogens is 303 g/mol. The molecule has 2 aromatic rings. The molecule has 0 bridgehead atoms. The van der Waals surface area contributed by atoms with Crippen LogP contribution < -0.4 is 5.56 Å². The average Bonchev–Trinajstić information content (AvgIpc) is 2.36. The van der Waals surface area contributed by atoms with Gasteiger partial charge in [0.15, 0.2) is 0 Å². The highest BCUT2D eigenvalue weighted by atomic mass is 79.9. The van der Waals surface area contributed by atoms with E-state index in [0.717, 1.165) is 17.3 Å². The van der Waals surface area contributed by atoms with E-state index in [4.69, 9.17) is 0 Å². The van der Waals surface area contributed by atoms with Gasteiger partial charge in [-0.25, -0.2) is 0 Å². The number of hydrogen-bond acceptors (Lipinski definition) is 2. The van der Waals surface area contributed by atoms with Gasteiger partial charge in [-0.2, -0.15) is 0 Å². The highest BCUT2D eigenvalue weighted by molar-refractivity contribution is 9.09. The van der Waals surface area contributed by atoms with Crippen LogP contribution in [0.5, 0.6) is 0 Å². The highest BCUT2D eigenvalue weighted by Gasteiger charge is 2.18. The molecule has 0 N–H and O–H groups in total. The predicted molar refractivity (Wildman–Crippen MR) is 73.2 cm³/mol. The molecule has 0 aliphatic carbocycles. The number of aryl methyl sites for hydroxylation is 1. The number of halogens is 1. The zero-order chi connectivity index (χ0) is 12.4. The Hall–Kier alpha value is -0.930. The smallest absolute Gasteiger partial charge is 0.265 e. The van der Waals surface area contributed by atoms with Gasteiger partial charge in [0.25, 0.3) is 5.56 Å². The Labute approximate surface area is 108 Å². The Kier molecular flexibility index (Phi) is 3.79. The molecule has 0 aliphatic heterocycles. The van der Waals surface area contributed by atoms with Crippen LogP contribution in [-0.4, -0.2) is 14.0 Å². The summed E-state index contributed by atoms with van der Waals surface area (Å²) >= 11 is 3.36. The Morgan fingerprint density at radius 1 is 1.35 bits per heavy atom. The Bertz CT molecular complexity index is 663. The van der Waals surface area contributed by atoms with Crippen molar-refractivity contribution in [3.63, 3.8) is 0 Å². The summed E-state index contributed by atoms with van der Waals surface area (Å²) in [7, 11) is -0.226. The van der Waals surface area contributed by atoms with E-state index >= 15 is 0 Å². The van der Waals surface area contributed by atoms with Crippen molar-refractivity contribution in [3.05, 3.63) is 34.6 Å². The number of alkyl halides is 1. The van der Waals surface area contributed by atoms with E-state index in [-0.39, 0.29) is 5.56 Å². The lowest BCUT2D eigenvalue weighted by molar-refractivity contribution is 0.572. The van der Waals surface area contributed by atoms with E-state index in [1.165, 1.54) is 4.33 Å². The van der Waals surface area contributed by atoms with Crippen molar-refractivity contribution in [2.45, 2.75) is 13.0 Å². The summed E-state index contributed by atoms with van der Waals surface area (Å²) in [6.45, 7) is 0.676. The van der Waals surface area contributed by atoms with E-state index in [2.05, 4.69) is 15.9 Å². The minimum atomic E-state index is -1.81. The van der Waals surface area contributed by atoms with Gasteiger partial charge >= 0.3 is 7.73 Å². The van der Waals surface area contributed by atoms with Gasteiger partial charge in [0.2, 0.25) is 0 Å². The molecule has 1 aromatic carbocycles. The monoisotopic (exact) mass is 315 g/mol. The van der Waals surface area contributed by atoms with Crippen LogP contribution in [0.2, 0.25) is 0 Å². The molecule has 0 aliphatic rings. The first kappa shape index (κ1) is 12.5. The number of hydrogen-bond donors (Lipinski definition) is 0. The third-order valence-corrected chi connectivity index (χ3v) is 4.76. The highest BCUT2D eigenvalue weighted by Crippen LogP contribution is 2.19. The fourth-order valence-corrected chi connectivity index (χ4v) is 3.31. The van der Waals surface area contributed by atoms with Crippen molar-refractivity contribution < 1.29 is 4.57 Å². The Balaban J connectivity index is 2.81. The second-order valence-corrected chi connectivity index (χ2v) is 6.15. The molecule has 1 aromatic heterocycles. The zero-order valence-electron chi connectivity index (χ0n) is 9.47. The summed E-state index contributed by atoms with van der Waals surface area (Å²) in [5, 5.41) is 1.48. The first-order chi connectivity index (χ1) is 8.16. The average molecular weight is 316 g/mol. The maximum Gasteiger partial charge on any atom is 0.598 e. The molecule has 0 fully saturated rings. The Morgan fingerprint density at radius 3 is 2.76 bits per heavy atom. The maximum atomic E-state index is 12.2. The van der Waals surface area contributed by atoms with E-state index < -0.39 is 7.73 Å². The summed E-state index contributed by atoms with van der Waals surface area (Å²) in [4.78, 5) is 12.0. The molecule has 4 nitrogen and oxygen atoms in total. The first-order valence-corrected chi connectivity index (χ1v) is 7.63. The van der Waals surface area contributed by atoms with Crippen molar-refractivity contribution >= 4 is 34.6 Å². The summed E-state index contributed by atoms with van der Waals surface area (Å²) < 4.78 is 15.3. The number of aromatic nitrogens is 2. The standard InChI is InChI=1S/C11H13BrN2O2P/c1-13-11(15)9-5-2-3-6-10(9)14(17(13)16)8-4-7-12/h2-3,5-6H,4,7-8H2,1H3/q+1. The van der Waals surface area contributed by atoms with Crippen LogP contribution >= 0.6 is 23.7 Å². The van der Waals surface area contributed by atoms with Crippen molar-refractivity contribution in [1.29, 1.82) is 0 Å². The fraction of sp³-hybridized carbons (Fsp3) is 0.364. The van der Waals surface area contributed by atoms with Crippen molar-refractivity contribution in [2.75, 3.05) is 5.33 Å². The third-order valence-electron chi connectivity index (χ3n) is 2.67. The van der Waals surface area contributed by atoms with E-state index in [0.29, 0.717) is 11.9 Å². The topological polar surface area (TPSA) is 44.0 Å². The lowest BCUT2D eigenvalue weighted by Crippen LogP contribution is -2.18. The molecule has 0 radical (unpaired) electrons. The molecule has 6 heteroatoms. The molecule has 0 saturated heterocycles. The number of para-hydroxylation sites is 1. The molecule has 1 unspecified atom stereocenters. The van der Waals surface area contributed by atoms with Gasteiger partial charge < -0.3 is 0 Å². The van der Waals surface area contributed by atoms with Gasteiger partial charge in [0.1, 0.15) is 0 Å². The second-order valence-electron chi connectivity index (χ2n) is 3.76. The first-order valence-electron chi connectivity index (χ1n) is 5.34. The largest absolute Gasteiger partial charge is 0.598 e. The molecule has 0 spiro atoms. The van der Waals surface area contributed by atoms with Crippen LogP contribution in [0, 0.1) is 0 Å². The fourth-order valence-electron chi connectivity index (χ4n) is 1.80. The maximum absolute atomic E-state index is 12.2. The summed E-state index contributed by atoms with van der Waals surface area (Å²) in [6.07, 6.45) is 0.886. The molecule has 1 heterocycles. The van der Waals surface area contributed by atoms with Crippen LogP contribution in [0.1, 0.15) is 6.42 Å². The van der Waals surface area contributed by atoms with Gasteiger partial charge in [-0.05, 0) is 23.1 Å². The van der Waals surface area contributed by atoms with Gasteiger partial charge in [0.05, 0.1) is 24.5 Å². The zero-order valence-corrected chi connectivity index (χ0v) is 11.9. The van der Waals surface area contributed by atoms with Crippen LogP contribution in [0.3, 0.4) is 0 Å². The molecule has 0 amide bonds. The van der Waals surface area contributed by atoms with Crippen molar-refractivity contribution in [3.8, 4) is 0 Å². The van der Waals surface area contributed by atoms with E-state index in [9.17, 15) is 9.36 Å². The van der Waals surface area contributed by atoms with E-state index in [1.54, 1.807) is 17.4 Å². The van der Waals surface area contributed by atoms with Crippen molar-refractivity contribution in [2.24, 2.45) is 7.05 Å². The minimum Gasteiger partial charge on any atom is -0.265 e. The minimum absolute atomic E-state index is 0.170. The van der Waals surface area contributed by atoms with Crippen LogP contribution in [-0.2, 0) is 18.2 Å². The number of fused-ring (bicyclic) bond motifs is 1. The van der Waals surface area contributed by atoms with Crippen LogP contribution in [0.4, 0.5) is 0 Å². The SMILES string of the molecule is Cn1c(=O)c2ccccc2n(CCCBr)[p+]1=O. The lowest BCUT2D eigenvalue weighted by Gasteiger charge is -2.02. The molecule has 17 heavy (non-hydrogen) atoms. The van der Waals surface area contributed by atoms with Gasteiger partial charge in [-0.15, -0.1) is 8.66 Å². The van der Waals surface area contributed by atoms with Gasteiger partial charge in [0, 0.05) is 5.33 Å².